The summed E-state index contributed by atoms with van der Waals surface area (Å²) < 4.78 is 13.0. The van der Waals surface area contributed by atoms with Gasteiger partial charge in [-0.2, -0.15) is 0 Å². The van der Waals surface area contributed by atoms with Crippen molar-refractivity contribution in [1.82, 2.24) is 14.9 Å². The number of nitrogens with one attached hydrogen (secondary N) is 1. The summed E-state index contributed by atoms with van der Waals surface area (Å²) in [5, 5.41) is 2.99. The number of methoxy groups -OCH3 is 1. The average Bonchev–Trinajstić information content (AvgIpc) is 3.10. The van der Waals surface area contributed by atoms with Gasteiger partial charge in [0.15, 0.2) is 0 Å². The molecule has 6 nitrogen and oxygen atoms in total. The molecule has 1 heterocycles. The predicted octanol–water partition coefficient (Wildman–Crippen LogP) is 4.14. The number of carbonyl (C=O) groups is 1. The van der Waals surface area contributed by atoms with Crippen molar-refractivity contribution in [3.63, 3.8) is 0 Å². The third-order valence-electron chi connectivity index (χ3n) is 4.73. The summed E-state index contributed by atoms with van der Waals surface area (Å²) in [5.41, 5.74) is 2.14. The van der Waals surface area contributed by atoms with E-state index in [1.54, 1.807) is 7.11 Å². The minimum atomic E-state index is 0.0375. The van der Waals surface area contributed by atoms with Crippen LogP contribution in [0.25, 0.3) is 11.0 Å². The summed E-state index contributed by atoms with van der Waals surface area (Å²) in [6, 6.07) is 15.9. The molecule has 0 radical (unpaired) electrons. The number of para-hydroxylation sites is 2. The number of hydrogen-bond donors (Lipinski definition) is 1. The van der Waals surface area contributed by atoms with E-state index >= 15 is 0 Å². The summed E-state index contributed by atoms with van der Waals surface area (Å²) in [6.45, 7) is 5.38. The summed E-state index contributed by atoms with van der Waals surface area (Å²) in [7, 11) is 1.63. The second-order valence-electron chi connectivity index (χ2n) is 7.21. The monoisotopic (exact) mass is 395 g/mol. The molecule has 29 heavy (non-hydrogen) atoms. The fraction of sp³-hybridized carbons (Fsp3) is 0.391. The first kappa shape index (κ1) is 20.7. The highest BCUT2D eigenvalue weighted by atomic mass is 16.5. The molecular weight excluding hydrogens is 366 g/mol. The number of rotatable bonds is 10. The van der Waals surface area contributed by atoms with Crippen LogP contribution in [0.1, 0.15) is 38.6 Å². The molecule has 3 rings (SSSR count). The molecule has 0 fully saturated rings. The van der Waals surface area contributed by atoms with Gasteiger partial charge in [0, 0.05) is 25.4 Å². The molecule has 0 aliphatic rings. The Kier molecular flexibility index (Phi) is 7.11. The number of hydrogen-bond acceptors (Lipinski definition) is 4. The molecule has 0 aliphatic heterocycles. The maximum atomic E-state index is 12.1. The Balaban J connectivity index is 1.41. The van der Waals surface area contributed by atoms with Gasteiger partial charge in [0.25, 0.3) is 0 Å². The Morgan fingerprint density at radius 1 is 1.10 bits per heavy atom. The van der Waals surface area contributed by atoms with Crippen molar-refractivity contribution in [2.75, 3.05) is 20.3 Å². The van der Waals surface area contributed by atoms with Crippen molar-refractivity contribution in [3.8, 4) is 11.5 Å². The minimum Gasteiger partial charge on any atom is -0.497 e. The van der Waals surface area contributed by atoms with E-state index < -0.39 is 0 Å². The summed E-state index contributed by atoms with van der Waals surface area (Å²) in [6.07, 6.45) is 1.82. The van der Waals surface area contributed by atoms with Crippen molar-refractivity contribution >= 4 is 16.9 Å². The molecule has 1 amide bonds. The van der Waals surface area contributed by atoms with Crippen molar-refractivity contribution in [1.29, 1.82) is 0 Å². The molecule has 0 saturated carbocycles. The molecule has 154 valence electrons. The fourth-order valence-corrected chi connectivity index (χ4v) is 3.34. The standard InChI is InChI=1S/C23H29N3O3/c1-17(2)26-21-8-5-4-7-20(21)25-22(26)14-15-24-23(27)9-6-16-29-19-12-10-18(28-3)11-13-19/h4-5,7-8,10-13,17H,6,9,14-16H2,1-3H3,(H,24,27). The minimum absolute atomic E-state index is 0.0375. The first-order valence-electron chi connectivity index (χ1n) is 10.1. The Bertz CT molecular complexity index is 932. The number of fused-ring (bicyclic) bond motifs is 1. The van der Waals surface area contributed by atoms with Crippen LogP contribution in [0.15, 0.2) is 48.5 Å². The lowest BCUT2D eigenvalue weighted by atomic mass is 10.2. The van der Waals surface area contributed by atoms with E-state index in [0.29, 0.717) is 38.5 Å². The van der Waals surface area contributed by atoms with Gasteiger partial charge in [-0.25, -0.2) is 4.98 Å². The zero-order valence-electron chi connectivity index (χ0n) is 17.4. The lowest BCUT2D eigenvalue weighted by Gasteiger charge is -2.13. The predicted molar refractivity (Wildman–Crippen MR) is 115 cm³/mol. The van der Waals surface area contributed by atoms with E-state index in [0.717, 1.165) is 28.4 Å². The van der Waals surface area contributed by atoms with Crippen LogP contribution < -0.4 is 14.8 Å². The number of carbonyl (C=O) groups excluding carboxylic acids is 1. The van der Waals surface area contributed by atoms with E-state index in [9.17, 15) is 4.79 Å². The number of nitrogens with zero attached hydrogens (tertiary/aromatic N) is 2. The zero-order valence-corrected chi connectivity index (χ0v) is 17.4. The van der Waals surface area contributed by atoms with Gasteiger partial charge in [-0.3, -0.25) is 4.79 Å². The van der Waals surface area contributed by atoms with Gasteiger partial charge in [-0.1, -0.05) is 12.1 Å². The number of aromatic nitrogens is 2. The molecule has 0 bridgehead atoms. The van der Waals surface area contributed by atoms with Crippen LogP contribution in [-0.4, -0.2) is 35.7 Å². The Morgan fingerprint density at radius 3 is 2.55 bits per heavy atom. The van der Waals surface area contributed by atoms with Crippen LogP contribution in [0.3, 0.4) is 0 Å². The Labute approximate surface area is 171 Å². The number of amides is 1. The van der Waals surface area contributed by atoms with E-state index in [2.05, 4.69) is 29.8 Å². The van der Waals surface area contributed by atoms with Gasteiger partial charge < -0.3 is 19.4 Å². The molecule has 0 aliphatic carbocycles. The Hall–Kier alpha value is -3.02. The molecule has 6 heteroatoms. The molecule has 0 unspecified atom stereocenters. The van der Waals surface area contributed by atoms with Crippen LogP contribution >= 0.6 is 0 Å². The van der Waals surface area contributed by atoms with E-state index in [1.165, 1.54) is 0 Å². The van der Waals surface area contributed by atoms with Crippen LogP contribution in [0.5, 0.6) is 11.5 Å². The third kappa shape index (κ3) is 5.50. The van der Waals surface area contributed by atoms with Crippen LogP contribution in [0.2, 0.25) is 0 Å². The highest BCUT2D eigenvalue weighted by Crippen LogP contribution is 2.21. The molecule has 0 spiro atoms. The number of benzene rings is 2. The summed E-state index contributed by atoms with van der Waals surface area (Å²) >= 11 is 0. The average molecular weight is 396 g/mol. The number of imidazole rings is 1. The van der Waals surface area contributed by atoms with E-state index in [1.807, 2.05) is 42.5 Å². The lowest BCUT2D eigenvalue weighted by Crippen LogP contribution is -2.26. The van der Waals surface area contributed by atoms with Gasteiger partial charge in [-0.15, -0.1) is 0 Å². The normalized spacial score (nSPS) is 11.0. The largest absolute Gasteiger partial charge is 0.497 e. The highest BCUT2D eigenvalue weighted by molar-refractivity contribution is 5.76. The van der Waals surface area contributed by atoms with Crippen molar-refractivity contribution < 1.29 is 14.3 Å². The Morgan fingerprint density at radius 2 is 1.83 bits per heavy atom. The van der Waals surface area contributed by atoms with Gasteiger partial charge in [0.1, 0.15) is 17.3 Å². The molecule has 3 aromatic rings. The molecule has 1 aromatic heterocycles. The zero-order chi connectivity index (χ0) is 20.6. The van der Waals surface area contributed by atoms with Gasteiger partial charge >= 0.3 is 0 Å². The number of ether oxygens (including phenoxy) is 2. The maximum absolute atomic E-state index is 12.1. The summed E-state index contributed by atoms with van der Waals surface area (Å²) in [5.74, 6) is 2.61. The highest BCUT2D eigenvalue weighted by Gasteiger charge is 2.13. The van der Waals surface area contributed by atoms with Crippen molar-refractivity contribution in [2.45, 2.75) is 39.2 Å². The quantitative estimate of drug-likeness (QED) is 0.524. The summed E-state index contributed by atoms with van der Waals surface area (Å²) in [4.78, 5) is 16.8. The molecule has 0 atom stereocenters. The van der Waals surface area contributed by atoms with Crippen molar-refractivity contribution in [3.05, 3.63) is 54.4 Å². The smallest absolute Gasteiger partial charge is 0.220 e. The second kappa shape index (κ2) is 9.96. The van der Waals surface area contributed by atoms with Crippen molar-refractivity contribution in [2.24, 2.45) is 0 Å². The van der Waals surface area contributed by atoms with Crippen LogP contribution in [0.4, 0.5) is 0 Å². The van der Waals surface area contributed by atoms with E-state index in [-0.39, 0.29) is 5.91 Å². The topological polar surface area (TPSA) is 65.4 Å². The van der Waals surface area contributed by atoms with Crippen LogP contribution in [-0.2, 0) is 11.2 Å². The fourth-order valence-electron chi connectivity index (χ4n) is 3.34. The second-order valence-corrected chi connectivity index (χ2v) is 7.21. The van der Waals surface area contributed by atoms with Crippen LogP contribution in [0, 0.1) is 0 Å². The SMILES string of the molecule is COc1ccc(OCCCC(=O)NCCc2nc3ccccc3n2C(C)C)cc1. The van der Waals surface area contributed by atoms with Gasteiger partial charge in [0.2, 0.25) is 5.91 Å². The molecule has 1 N–H and O–H groups in total. The maximum Gasteiger partial charge on any atom is 0.220 e. The van der Waals surface area contributed by atoms with Gasteiger partial charge in [0.05, 0.1) is 24.8 Å². The molecule has 2 aromatic carbocycles. The first-order valence-corrected chi connectivity index (χ1v) is 10.1. The first-order chi connectivity index (χ1) is 14.1. The third-order valence-corrected chi connectivity index (χ3v) is 4.73. The molecule has 0 saturated heterocycles. The lowest BCUT2D eigenvalue weighted by molar-refractivity contribution is -0.121. The molecular formula is C23H29N3O3. The van der Waals surface area contributed by atoms with E-state index in [4.69, 9.17) is 14.5 Å². The van der Waals surface area contributed by atoms with Gasteiger partial charge in [-0.05, 0) is 56.7 Å².